The van der Waals surface area contributed by atoms with Crippen LogP contribution in [0.2, 0.25) is 0 Å². The molecule has 0 fully saturated rings. The van der Waals surface area contributed by atoms with Gasteiger partial charge >= 0.3 is 0 Å². The third kappa shape index (κ3) is 2.90. The van der Waals surface area contributed by atoms with Crippen LogP contribution in [0.15, 0.2) is 36.7 Å². The Kier molecular flexibility index (Phi) is 3.99. The van der Waals surface area contributed by atoms with Crippen molar-refractivity contribution in [3.05, 3.63) is 48.0 Å². The fraction of sp³-hybridized carbons (Fsp3) is 0.357. The summed E-state index contributed by atoms with van der Waals surface area (Å²) in [4.78, 5) is 4.29. The van der Waals surface area contributed by atoms with E-state index in [2.05, 4.69) is 4.98 Å². The third-order valence-corrected chi connectivity index (χ3v) is 2.92. The first-order valence-corrected chi connectivity index (χ1v) is 6.15. The van der Waals surface area contributed by atoms with E-state index < -0.39 is 0 Å². The number of aryl methyl sites for hydroxylation is 1. The van der Waals surface area contributed by atoms with Gasteiger partial charge in [-0.3, -0.25) is 0 Å². The number of rotatable bonds is 5. The molecule has 1 unspecified atom stereocenters. The maximum Gasteiger partial charge on any atom is 0.119 e. The van der Waals surface area contributed by atoms with E-state index >= 15 is 0 Å². The Balaban J connectivity index is 2.11. The molecule has 96 valence electrons. The average molecular weight is 245 g/mol. The van der Waals surface area contributed by atoms with Gasteiger partial charge in [0.15, 0.2) is 0 Å². The number of nitrogens with zero attached hydrogens (tertiary/aromatic N) is 2. The highest BCUT2D eigenvalue weighted by atomic mass is 16.5. The minimum Gasteiger partial charge on any atom is -0.494 e. The van der Waals surface area contributed by atoms with E-state index in [-0.39, 0.29) is 6.04 Å². The van der Waals surface area contributed by atoms with Crippen molar-refractivity contribution in [2.45, 2.75) is 19.4 Å². The third-order valence-electron chi connectivity index (χ3n) is 2.92. The van der Waals surface area contributed by atoms with E-state index in [1.807, 2.05) is 49.0 Å². The summed E-state index contributed by atoms with van der Waals surface area (Å²) in [6, 6.07) is 7.87. The van der Waals surface area contributed by atoms with Gasteiger partial charge in [0, 0.05) is 31.9 Å². The molecule has 0 spiro atoms. The Morgan fingerprint density at radius 2 is 2.28 bits per heavy atom. The molecule has 1 aromatic heterocycles. The number of nitrogens with two attached hydrogens (primary N) is 1. The SMILES string of the molecule is CCOc1cccc(C(N)Cc2nccn2C)c1. The van der Waals surface area contributed by atoms with Crippen LogP contribution in [0, 0.1) is 0 Å². The largest absolute Gasteiger partial charge is 0.494 e. The summed E-state index contributed by atoms with van der Waals surface area (Å²) in [5.41, 5.74) is 7.28. The highest BCUT2D eigenvalue weighted by molar-refractivity contribution is 5.30. The zero-order valence-corrected chi connectivity index (χ0v) is 10.8. The second-order valence-corrected chi connectivity index (χ2v) is 4.27. The number of hydrogen-bond acceptors (Lipinski definition) is 3. The molecule has 2 N–H and O–H groups in total. The number of imidazole rings is 1. The smallest absolute Gasteiger partial charge is 0.119 e. The van der Waals surface area contributed by atoms with Gasteiger partial charge in [0.25, 0.3) is 0 Å². The van der Waals surface area contributed by atoms with E-state index in [9.17, 15) is 0 Å². The molecular formula is C14H19N3O. The van der Waals surface area contributed by atoms with E-state index in [0.29, 0.717) is 6.61 Å². The minimum absolute atomic E-state index is 0.0634. The lowest BCUT2D eigenvalue weighted by Gasteiger charge is -2.13. The highest BCUT2D eigenvalue weighted by Gasteiger charge is 2.10. The first-order chi connectivity index (χ1) is 8.70. The van der Waals surface area contributed by atoms with Gasteiger partial charge in [0.05, 0.1) is 6.61 Å². The summed E-state index contributed by atoms with van der Waals surface area (Å²) in [5, 5.41) is 0. The first-order valence-electron chi connectivity index (χ1n) is 6.15. The molecule has 1 heterocycles. The van der Waals surface area contributed by atoms with Crippen LogP contribution in [0.1, 0.15) is 24.4 Å². The zero-order chi connectivity index (χ0) is 13.0. The molecule has 0 aliphatic carbocycles. The van der Waals surface area contributed by atoms with Gasteiger partial charge in [-0.05, 0) is 24.6 Å². The number of aromatic nitrogens is 2. The second-order valence-electron chi connectivity index (χ2n) is 4.27. The number of ether oxygens (including phenoxy) is 1. The highest BCUT2D eigenvalue weighted by Crippen LogP contribution is 2.20. The molecule has 0 saturated heterocycles. The predicted molar refractivity (Wildman–Crippen MR) is 71.5 cm³/mol. The zero-order valence-electron chi connectivity index (χ0n) is 10.8. The lowest BCUT2D eigenvalue weighted by molar-refractivity contribution is 0.339. The maximum absolute atomic E-state index is 6.21. The molecule has 0 saturated carbocycles. The fourth-order valence-electron chi connectivity index (χ4n) is 1.91. The maximum atomic E-state index is 6.21. The molecular weight excluding hydrogens is 226 g/mol. The molecule has 0 bridgehead atoms. The summed E-state index contributed by atoms with van der Waals surface area (Å²) in [5.74, 6) is 1.86. The molecule has 2 rings (SSSR count). The Bertz CT molecular complexity index is 507. The van der Waals surface area contributed by atoms with Gasteiger partial charge < -0.3 is 15.0 Å². The fourth-order valence-corrected chi connectivity index (χ4v) is 1.91. The van der Waals surface area contributed by atoms with Gasteiger partial charge in [0.2, 0.25) is 0 Å². The summed E-state index contributed by atoms with van der Waals surface area (Å²) >= 11 is 0. The van der Waals surface area contributed by atoms with Gasteiger partial charge in [0.1, 0.15) is 11.6 Å². The van der Waals surface area contributed by atoms with Gasteiger partial charge in [-0.2, -0.15) is 0 Å². The van der Waals surface area contributed by atoms with Crippen molar-refractivity contribution in [3.8, 4) is 5.75 Å². The van der Waals surface area contributed by atoms with Crippen molar-refractivity contribution in [2.24, 2.45) is 12.8 Å². The Labute approximate surface area is 107 Å². The molecule has 4 nitrogen and oxygen atoms in total. The van der Waals surface area contributed by atoms with Crippen LogP contribution in [0.4, 0.5) is 0 Å². The van der Waals surface area contributed by atoms with Crippen molar-refractivity contribution < 1.29 is 4.74 Å². The van der Waals surface area contributed by atoms with Gasteiger partial charge in [-0.1, -0.05) is 12.1 Å². The minimum atomic E-state index is -0.0634. The van der Waals surface area contributed by atoms with Gasteiger partial charge in [-0.15, -0.1) is 0 Å². The van der Waals surface area contributed by atoms with Crippen molar-refractivity contribution in [1.82, 2.24) is 9.55 Å². The Hall–Kier alpha value is -1.81. The molecule has 1 atom stereocenters. The van der Waals surface area contributed by atoms with Crippen LogP contribution in [0.25, 0.3) is 0 Å². The molecule has 0 radical (unpaired) electrons. The van der Waals surface area contributed by atoms with E-state index in [4.69, 9.17) is 10.5 Å². The Morgan fingerprint density at radius 1 is 1.44 bits per heavy atom. The van der Waals surface area contributed by atoms with E-state index in [0.717, 1.165) is 23.6 Å². The van der Waals surface area contributed by atoms with Crippen LogP contribution in [-0.4, -0.2) is 16.2 Å². The van der Waals surface area contributed by atoms with Crippen LogP contribution in [-0.2, 0) is 13.5 Å². The van der Waals surface area contributed by atoms with Gasteiger partial charge in [-0.25, -0.2) is 4.98 Å². The van der Waals surface area contributed by atoms with Crippen LogP contribution in [0.3, 0.4) is 0 Å². The normalized spacial score (nSPS) is 12.4. The number of benzene rings is 1. The average Bonchev–Trinajstić information content (AvgIpc) is 2.76. The molecule has 1 aromatic carbocycles. The topological polar surface area (TPSA) is 53.1 Å². The number of hydrogen-bond donors (Lipinski definition) is 1. The lowest BCUT2D eigenvalue weighted by Crippen LogP contribution is -2.15. The monoisotopic (exact) mass is 245 g/mol. The summed E-state index contributed by atoms with van der Waals surface area (Å²) in [7, 11) is 1.98. The quantitative estimate of drug-likeness (QED) is 0.877. The Morgan fingerprint density at radius 3 is 2.94 bits per heavy atom. The van der Waals surface area contributed by atoms with Crippen molar-refractivity contribution in [2.75, 3.05) is 6.61 Å². The molecule has 0 amide bonds. The molecule has 0 aliphatic heterocycles. The van der Waals surface area contributed by atoms with Crippen LogP contribution < -0.4 is 10.5 Å². The van der Waals surface area contributed by atoms with Crippen molar-refractivity contribution in [3.63, 3.8) is 0 Å². The van der Waals surface area contributed by atoms with E-state index in [1.165, 1.54) is 0 Å². The summed E-state index contributed by atoms with van der Waals surface area (Å²) in [6.45, 7) is 2.64. The summed E-state index contributed by atoms with van der Waals surface area (Å²) in [6.07, 6.45) is 4.44. The van der Waals surface area contributed by atoms with Crippen LogP contribution in [0.5, 0.6) is 5.75 Å². The molecule has 2 aromatic rings. The van der Waals surface area contributed by atoms with E-state index in [1.54, 1.807) is 6.20 Å². The molecule has 4 heteroatoms. The van der Waals surface area contributed by atoms with Crippen LogP contribution >= 0.6 is 0 Å². The lowest BCUT2D eigenvalue weighted by atomic mass is 10.0. The predicted octanol–water partition coefficient (Wildman–Crippen LogP) is 2.06. The standard InChI is InChI=1S/C14H19N3O/c1-3-18-12-6-4-5-11(9-12)13(15)10-14-16-7-8-17(14)2/h4-9,13H,3,10,15H2,1-2H3. The second kappa shape index (κ2) is 5.69. The summed E-state index contributed by atoms with van der Waals surface area (Å²) < 4.78 is 7.47. The molecule has 0 aliphatic rings. The first kappa shape index (κ1) is 12.6. The van der Waals surface area contributed by atoms with Crippen molar-refractivity contribution >= 4 is 0 Å². The van der Waals surface area contributed by atoms with Crippen molar-refractivity contribution in [1.29, 1.82) is 0 Å². The molecule has 18 heavy (non-hydrogen) atoms.